The Morgan fingerprint density at radius 2 is 1.83 bits per heavy atom. The number of hydrogen-bond donors (Lipinski definition) is 1. The third-order valence-electron chi connectivity index (χ3n) is 3.27. The summed E-state index contributed by atoms with van der Waals surface area (Å²) in [6.45, 7) is 0.137. The molecule has 1 saturated heterocycles. The summed E-state index contributed by atoms with van der Waals surface area (Å²) in [6.07, 6.45) is 1.81. The molecule has 0 bridgehead atoms. The fraction of sp³-hybridized carbons (Fsp3) is 0.0588. The molecule has 1 aliphatic rings. The summed E-state index contributed by atoms with van der Waals surface area (Å²) in [5.74, 6) is -0.537. The number of carbonyl (C=O) groups is 1. The van der Waals surface area contributed by atoms with Crippen LogP contribution in [0.25, 0.3) is 6.08 Å². The lowest BCUT2D eigenvalue weighted by Gasteiger charge is -2.16. The van der Waals surface area contributed by atoms with E-state index < -0.39 is 0 Å². The van der Waals surface area contributed by atoms with Crippen LogP contribution >= 0.6 is 24.0 Å². The fourth-order valence-electron chi connectivity index (χ4n) is 2.11. The third kappa shape index (κ3) is 3.60. The Bertz CT molecular complexity index is 777. The molecule has 1 amide bonds. The van der Waals surface area contributed by atoms with Gasteiger partial charge in [-0.3, -0.25) is 9.69 Å². The molecule has 0 atom stereocenters. The molecule has 1 heterocycles. The standard InChI is InChI=1S/C17H13FN2OS2/c18-13-8-4-5-9-14(13)19-11-20-16(21)15(23-17(20)22)10-12-6-2-1-3-7-12/h1-10,19H,11H2/b15-10-. The number of para-hydroxylation sites is 1. The number of benzene rings is 2. The number of thiocarbonyl (C=S) groups is 1. The third-order valence-corrected chi connectivity index (χ3v) is 4.65. The molecule has 1 aliphatic heterocycles. The van der Waals surface area contributed by atoms with Crippen molar-refractivity contribution in [2.45, 2.75) is 0 Å². The quantitative estimate of drug-likeness (QED) is 0.669. The SMILES string of the molecule is O=C1/C(=C/c2ccccc2)SC(=S)N1CNc1ccccc1F. The van der Waals surface area contributed by atoms with Crippen LogP contribution in [-0.2, 0) is 4.79 Å². The van der Waals surface area contributed by atoms with Crippen molar-refractivity contribution < 1.29 is 9.18 Å². The number of hydrogen-bond acceptors (Lipinski definition) is 4. The van der Waals surface area contributed by atoms with Crippen molar-refractivity contribution in [3.63, 3.8) is 0 Å². The molecule has 1 N–H and O–H groups in total. The highest BCUT2D eigenvalue weighted by molar-refractivity contribution is 8.26. The van der Waals surface area contributed by atoms with Crippen LogP contribution in [0.5, 0.6) is 0 Å². The number of halogens is 1. The van der Waals surface area contributed by atoms with E-state index >= 15 is 0 Å². The molecule has 2 aromatic carbocycles. The molecule has 23 heavy (non-hydrogen) atoms. The maximum atomic E-state index is 13.6. The van der Waals surface area contributed by atoms with Crippen molar-refractivity contribution in [1.29, 1.82) is 0 Å². The molecule has 3 rings (SSSR count). The van der Waals surface area contributed by atoms with E-state index in [0.29, 0.717) is 14.9 Å². The second-order valence-electron chi connectivity index (χ2n) is 4.84. The van der Waals surface area contributed by atoms with E-state index in [2.05, 4.69) is 5.32 Å². The Hall–Kier alpha value is -2.18. The van der Waals surface area contributed by atoms with Crippen molar-refractivity contribution in [3.05, 3.63) is 70.9 Å². The van der Waals surface area contributed by atoms with Crippen molar-refractivity contribution >= 4 is 46.0 Å². The average molecular weight is 344 g/mol. The maximum absolute atomic E-state index is 13.6. The molecule has 0 radical (unpaired) electrons. The van der Waals surface area contributed by atoms with E-state index in [-0.39, 0.29) is 18.4 Å². The predicted octanol–water partition coefficient (Wildman–Crippen LogP) is 4.10. The first-order chi connectivity index (χ1) is 11.1. The first-order valence-corrected chi connectivity index (χ1v) is 8.16. The number of thioether (sulfide) groups is 1. The van der Waals surface area contributed by atoms with E-state index in [9.17, 15) is 9.18 Å². The molecule has 2 aromatic rings. The summed E-state index contributed by atoms with van der Waals surface area (Å²) in [6, 6.07) is 15.9. The number of nitrogens with zero attached hydrogens (tertiary/aromatic N) is 1. The summed E-state index contributed by atoms with van der Waals surface area (Å²) < 4.78 is 14.1. The maximum Gasteiger partial charge on any atom is 0.267 e. The monoisotopic (exact) mass is 344 g/mol. The molecule has 0 saturated carbocycles. The van der Waals surface area contributed by atoms with Crippen LogP contribution in [0.3, 0.4) is 0 Å². The largest absolute Gasteiger partial charge is 0.365 e. The van der Waals surface area contributed by atoms with Gasteiger partial charge in [-0.05, 0) is 23.8 Å². The molecular formula is C17H13FN2OS2. The Labute approximate surface area is 143 Å². The van der Waals surface area contributed by atoms with E-state index in [0.717, 1.165) is 5.56 Å². The van der Waals surface area contributed by atoms with Gasteiger partial charge >= 0.3 is 0 Å². The van der Waals surface area contributed by atoms with Gasteiger partial charge in [0.15, 0.2) is 0 Å². The first kappa shape index (κ1) is 15.7. The van der Waals surface area contributed by atoms with Crippen LogP contribution in [0.4, 0.5) is 10.1 Å². The van der Waals surface area contributed by atoms with Gasteiger partial charge in [-0.25, -0.2) is 4.39 Å². The lowest BCUT2D eigenvalue weighted by atomic mass is 10.2. The van der Waals surface area contributed by atoms with Crippen LogP contribution in [0.15, 0.2) is 59.5 Å². The molecule has 0 aliphatic carbocycles. The summed E-state index contributed by atoms with van der Waals surface area (Å²) >= 11 is 6.50. The van der Waals surface area contributed by atoms with Crippen molar-refractivity contribution in [2.24, 2.45) is 0 Å². The lowest BCUT2D eigenvalue weighted by molar-refractivity contribution is -0.121. The number of rotatable bonds is 4. The highest BCUT2D eigenvalue weighted by atomic mass is 32.2. The number of anilines is 1. The topological polar surface area (TPSA) is 32.3 Å². The second kappa shape index (κ2) is 6.93. The number of carbonyl (C=O) groups excluding carboxylic acids is 1. The van der Waals surface area contributed by atoms with Gasteiger partial charge in [0.25, 0.3) is 5.91 Å². The van der Waals surface area contributed by atoms with Crippen LogP contribution in [0.2, 0.25) is 0 Å². The van der Waals surface area contributed by atoms with Gasteiger partial charge in [0, 0.05) is 0 Å². The first-order valence-electron chi connectivity index (χ1n) is 6.94. The zero-order chi connectivity index (χ0) is 16.2. The summed E-state index contributed by atoms with van der Waals surface area (Å²) in [4.78, 5) is 14.4. The van der Waals surface area contributed by atoms with Crippen LogP contribution in [-0.4, -0.2) is 21.8 Å². The molecule has 0 aromatic heterocycles. The van der Waals surface area contributed by atoms with Gasteiger partial charge in [-0.2, -0.15) is 0 Å². The molecular weight excluding hydrogens is 331 g/mol. The Morgan fingerprint density at radius 3 is 2.57 bits per heavy atom. The van der Waals surface area contributed by atoms with Gasteiger partial charge in [-0.15, -0.1) is 0 Å². The summed E-state index contributed by atoms with van der Waals surface area (Å²) in [7, 11) is 0. The van der Waals surface area contributed by atoms with E-state index in [1.165, 1.54) is 22.7 Å². The van der Waals surface area contributed by atoms with Crippen LogP contribution in [0.1, 0.15) is 5.56 Å². The molecule has 116 valence electrons. The van der Waals surface area contributed by atoms with Crippen molar-refractivity contribution in [2.75, 3.05) is 12.0 Å². The predicted molar refractivity (Wildman–Crippen MR) is 96.3 cm³/mol. The van der Waals surface area contributed by atoms with Crippen molar-refractivity contribution in [1.82, 2.24) is 4.90 Å². The van der Waals surface area contributed by atoms with Gasteiger partial charge < -0.3 is 5.32 Å². The summed E-state index contributed by atoms with van der Waals surface area (Å²) in [5, 5.41) is 2.90. The Balaban J connectivity index is 1.72. The molecule has 3 nitrogen and oxygen atoms in total. The minimum Gasteiger partial charge on any atom is -0.365 e. The molecule has 0 spiro atoms. The van der Waals surface area contributed by atoms with Crippen LogP contribution < -0.4 is 5.32 Å². The van der Waals surface area contributed by atoms with E-state index in [4.69, 9.17) is 12.2 Å². The average Bonchev–Trinajstić information content (AvgIpc) is 2.82. The summed E-state index contributed by atoms with van der Waals surface area (Å²) in [5.41, 5.74) is 1.28. The smallest absolute Gasteiger partial charge is 0.267 e. The zero-order valence-electron chi connectivity index (χ0n) is 12.0. The van der Waals surface area contributed by atoms with Gasteiger partial charge in [0.2, 0.25) is 0 Å². The fourth-order valence-corrected chi connectivity index (χ4v) is 3.36. The van der Waals surface area contributed by atoms with Gasteiger partial charge in [0.1, 0.15) is 10.1 Å². The van der Waals surface area contributed by atoms with Crippen molar-refractivity contribution in [3.8, 4) is 0 Å². The number of nitrogens with one attached hydrogen (secondary N) is 1. The van der Waals surface area contributed by atoms with Gasteiger partial charge in [-0.1, -0.05) is 66.4 Å². The normalized spacial score (nSPS) is 16.2. The Kier molecular flexibility index (Phi) is 4.73. The lowest BCUT2D eigenvalue weighted by Crippen LogP contribution is -2.33. The highest BCUT2D eigenvalue weighted by Gasteiger charge is 2.31. The minimum atomic E-state index is -0.363. The Morgan fingerprint density at radius 1 is 1.13 bits per heavy atom. The minimum absolute atomic E-state index is 0.137. The van der Waals surface area contributed by atoms with E-state index in [1.807, 2.05) is 36.4 Å². The molecule has 0 unspecified atom stereocenters. The highest BCUT2D eigenvalue weighted by Crippen LogP contribution is 2.32. The number of amides is 1. The second-order valence-corrected chi connectivity index (χ2v) is 6.51. The van der Waals surface area contributed by atoms with E-state index in [1.54, 1.807) is 18.2 Å². The van der Waals surface area contributed by atoms with Crippen LogP contribution in [0, 0.1) is 5.82 Å². The van der Waals surface area contributed by atoms with Gasteiger partial charge in [0.05, 0.1) is 17.3 Å². The zero-order valence-corrected chi connectivity index (χ0v) is 13.7. The molecule has 1 fully saturated rings. The molecule has 6 heteroatoms.